The number of hydrogen-bond donors (Lipinski definition) is 1. The molecule has 160 valence electrons. The first kappa shape index (κ1) is 20.9. The highest BCUT2D eigenvalue weighted by Crippen LogP contribution is 2.31. The molecule has 1 saturated heterocycles. The van der Waals surface area contributed by atoms with E-state index in [-0.39, 0.29) is 24.8 Å². The number of rotatable bonds is 5. The molecule has 1 fully saturated rings. The van der Waals surface area contributed by atoms with Gasteiger partial charge in [0, 0.05) is 50.6 Å². The first-order valence-corrected chi connectivity index (χ1v) is 11.8. The lowest BCUT2D eigenvalue weighted by molar-refractivity contribution is -0.122. The van der Waals surface area contributed by atoms with E-state index in [1.807, 2.05) is 30.3 Å². The summed E-state index contributed by atoms with van der Waals surface area (Å²) in [6, 6.07) is 9.29. The number of thiazole rings is 1. The standard InChI is InChI=1S/C19H23N5O4S2/c1-22(2)30(27,28)23-9-8-15-16(12-23)29-19(20-15)21-18(26)13-10-17(25)24(11-13)14-6-4-3-5-7-14/h3-7,13H,8-12H2,1-2H3,(H,20,21,26). The van der Waals surface area contributed by atoms with Crippen molar-refractivity contribution >= 4 is 44.2 Å². The SMILES string of the molecule is CN(C)S(=O)(=O)N1CCc2nc(NC(=O)C3CC(=O)N(c4ccccc4)C3)sc2C1. The van der Waals surface area contributed by atoms with E-state index in [1.54, 1.807) is 4.90 Å². The zero-order valence-electron chi connectivity index (χ0n) is 16.7. The molecular formula is C19H23N5O4S2. The van der Waals surface area contributed by atoms with Crippen LogP contribution < -0.4 is 10.2 Å². The molecule has 1 aromatic carbocycles. The number of hydrogen-bond acceptors (Lipinski definition) is 6. The van der Waals surface area contributed by atoms with Crippen molar-refractivity contribution in [3.63, 3.8) is 0 Å². The number of para-hydroxylation sites is 1. The monoisotopic (exact) mass is 449 g/mol. The van der Waals surface area contributed by atoms with Gasteiger partial charge in [0.2, 0.25) is 11.8 Å². The molecule has 1 aromatic heterocycles. The van der Waals surface area contributed by atoms with E-state index >= 15 is 0 Å². The average Bonchev–Trinajstić information content (AvgIpc) is 3.30. The van der Waals surface area contributed by atoms with Gasteiger partial charge in [-0.15, -0.1) is 11.3 Å². The molecule has 2 aromatic rings. The molecule has 11 heteroatoms. The fourth-order valence-corrected chi connectivity index (χ4v) is 5.79. The molecule has 1 atom stereocenters. The summed E-state index contributed by atoms with van der Waals surface area (Å²) in [4.78, 5) is 32.0. The van der Waals surface area contributed by atoms with E-state index in [9.17, 15) is 18.0 Å². The molecule has 30 heavy (non-hydrogen) atoms. The predicted octanol–water partition coefficient (Wildman–Crippen LogP) is 1.30. The topological polar surface area (TPSA) is 103 Å². The summed E-state index contributed by atoms with van der Waals surface area (Å²) in [6.45, 7) is 0.926. The maximum absolute atomic E-state index is 12.7. The quantitative estimate of drug-likeness (QED) is 0.741. The Morgan fingerprint density at radius 2 is 2.00 bits per heavy atom. The van der Waals surface area contributed by atoms with Gasteiger partial charge in [0.25, 0.3) is 10.2 Å². The second-order valence-electron chi connectivity index (χ2n) is 7.49. The van der Waals surface area contributed by atoms with Crippen molar-refractivity contribution < 1.29 is 18.0 Å². The first-order chi connectivity index (χ1) is 14.3. The number of benzene rings is 1. The number of fused-ring (bicyclic) bond motifs is 1. The number of amides is 2. The van der Waals surface area contributed by atoms with Crippen molar-refractivity contribution in [3.8, 4) is 0 Å². The Balaban J connectivity index is 1.42. The van der Waals surface area contributed by atoms with Crippen LogP contribution in [0, 0.1) is 5.92 Å². The van der Waals surface area contributed by atoms with Crippen LogP contribution in [0.25, 0.3) is 0 Å². The first-order valence-electron chi connectivity index (χ1n) is 9.58. The highest BCUT2D eigenvalue weighted by Gasteiger charge is 2.36. The van der Waals surface area contributed by atoms with Gasteiger partial charge in [-0.25, -0.2) is 4.98 Å². The number of nitrogens with zero attached hydrogens (tertiary/aromatic N) is 4. The van der Waals surface area contributed by atoms with Crippen molar-refractivity contribution in [3.05, 3.63) is 40.9 Å². The molecule has 1 unspecified atom stereocenters. The number of aromatic nitrogens is 1. The van der Waals surface area contributed by atoms with Crippen molar-refractivity contribution in [2.24, 2.45) is 5.92 Å². The maximum atomic E-state index is 12.7. The summed E-state index contributed by atoms with van der Waals surface area (Å²) in [6.07, 6.45) is 0.652. The van der Waals surface area contributed by atoms with Crippen molar-refractivity contribution in [1.82, 2.24) is 13.6 Å². The summed E-state index contributed by atoms with van der Waals surface area (Å²) < 4.78 is 27.3. The number of carbonyl (C=O) groups excluding carboxylic acids is 2. The van der Waals surface area contributed by atoms with Gasteiger partial charge in [0.15, 0.2) is 5.13 Å². The molecule has 0 spiro atoms. The number of nitrogens with one attached hydrogen (secondary N) is 1. The molecule has 0 saturated carbocycles. The second-order valence-corrected chi connectivity index (χ2v) is 10.7. The van der Waals surface area contributed by atoms with Gasteiger partial charge in [-0.05, 0) is 12.1 Å². The third-order valence-corrected chi connectivity index (χ3v) is 8.16. The minimum absolute atomic E-state index is 0.0793. The smallest absolute Gasteiger partial charge is 0.281 e. The molecule has 2 aliphatic heterocycles. The van der Waals surface area contributed by atoms with Crippen LogP contribution in [-0.4, -0.2) is 61.0 Å². The van der Waals surface area contributed by atoms with E-state index in [1.165, 1.54) is 34.0 Å². The Morgan fingerprint density at radius 3 is 2.70 bits per heavy atom. The molecule has 2 amide bonds. The largest absolute Gasteiger partial charge is 0.312 e. The highest BCUT2D eigenvalue weighted by atomic mass is 32.2. The Bertz CT molecular complexity index is 1070. The molecule has 3 heterocycles. The summed E-state index contributed by atoms with van der Waals surface area (Å²) in [5.41, 5.74) is 1.60. The van der Waals surface area contributed by atoms with Crippen molar-refractivity contribution in [2.45, 2.75) is 19.4 Å². The molecule has 4 rings (SSSR count). The van der Waals surface area contributed by atoms with Crippen molar-refractivity contribution in [2.75, 3.05) is 37.4 Å². The van der Waals surface area contributed by atoms with Crippen LogP contribution in [0.2, 0.25) is 0 Å². The van der Waals surface area contributed by atoms with Crippen LogP contribution in [-0.2, 0) is 32.8 Å². The lowest BCUT2D eigenvalue weighted by Crippen LogP contribution is -2.42. The molecule has 2 aliphatic rings. The third kappa shape index (κ3) is 3.97. The van der Waals surface area contributed by atoms with E-state index in [0.29, 0.717) is 24.6 Å². The Hall–Kier alpha value is -2.34. The second kappa shape index (κ2) is 8.06. The van der Waals surface area contributed by atoms with Gasteiger partial charge in [-0.1, -0.05) is 18.2 Å². The van der Waals surface area contributed by atoms with E-state index in [4.69, 9.17) is 0 Å². The average molecular weight is 450 g/mol. The van der Waals surface area contributed by atoms with Gasteiger partial charge in [0.1, 0.15) is 0 Å². The minimum atomic E-state index is -3.49. The Labute approximate surface area is 179 Å². The van der Waals surface area contributed by atoms with E-state index in [2.05, 4.69) is 10.3 Å². The summed E-state index contributed by atoms with van der Waals surface area (Å²) in [5.74, 6) is -0.779. The zero-order chi connectivity index (χ0) is 21.5. The van der Waals surface area contributed by atoms with Gasteiger partial charge in [0.05, 0.1) is 18.2 Å². The van der Waals surface area contributed by atoms with Gasteiger partial charge >= 0.3 is 0 Å². The molecular weight excluding hydrogens is 426 g/mol. The zero-order valence-corrected chi connectivity index (χ0v) is 18.4. The van der Waals surface area contributed by atoms with Crippen LogP contribution in [0.15, 0.2) is 30.3 Å². The van der Waals surface area contributed by atoms with Crippen LogP contribution >= 0.6 is 11.3 Å². The fourth-order valence-electron chi connectivity index (χ4n) is 3.60. The van der Waals surface area contributed by atoms with Crippen LogP contribution in [0.1, 0.15) is 17.0 Å². The lowest BCUT2D eigenvalue weighted by Gasteiger charge is -2.27. The normalized spacial score (nSPS) is 19.9. The lowest BCUT2D eigenvalue weighted by atomic mass is 10.1. The van der Waals surface area contributed by atoms with Gasteiger partial charge in [-0.3, -0.25) is 9.59 Å². The number of anilines is 2. The summed E-state index contributed by atoms with van der Waals surface area (Å²) in [5, 5.41) is 3.27. The Kier molecular flexibility index (Phi) is 5.62. The highest BCUT2D eigenvalue weighted by molar-refractivity contribution is 7.86. The maximum Gasteiger partial charge on any atom is 0.281 e. The van der Waals surface area contributed by atoms with Gasteiger partial charge in [-0.2, -0.15) is 17.0 Å². The van der Waals surface area contributed by atoms with E-state index < -0.39 is 16.1 Å². The summed E-state index contributed by atoms with van der Waals surface area (Å²) in [7, 11) is -0.483. The molecule has 1 N–H and O–H groups in total. The molecule has 0 bridgehead atoms. The third-order valence-electron chi connectivity index (χ3n) is 5.28. The van der Waals surface area contributed by atoms with Gasteiger partial charge < -0.3 is 10.2 Å². The molecule has 0 aliphatic carbocycles. The molecule has 9 nitrogen and oxygen atoms in total. The minimum Gasteiger partial charge on any atom is -0.312 e. The predicted molar refractivity (Wildman–Crippen MR) is 114 cm³/mol. The summed E-state index contributed by atoms with van der Waals surface area (Å²) >= 11 is 1.29. The van der Waals surface area contributed by atoms with Crippen molar-refractivity contribution in [1.29, 1.82) is 0 Å². The van der Waals surface area contributed by atoms with Crippen LogP contribution in [0.5, 0.6) is 0 Å². The van der Waals surface area contributed by atoms with Crippen LogP contribution in [0.4, 0.5) is 10.8 Å². The Morgan fingerprint density at radius 1 is 1.27 bits per heavy atom. The molecule has 0 radical (unpaired) electrons. The fraction of sp³-hybridized carbons (Fsp3) is 0.421. The van der Waals surface area contributed by atoms with E-state index in [0.717, 1.165) is 16.3 Å². The number of carbonyl (C=O) groups is 2. The van der Waals surface area contributed by atoms with Crippen LogP contribution in [0.3, 0.4) is 0 Å².